The number of amides is 1. The van der Waals surface area contributed by atoms with Crippen LogP contribution in [0.5, 0.6) is 5.75 Å². The van der Waals surface area contributed by atoms with Gasteiger partial charge in [0.2, 0.25) is 0 Å². The monoisotopic (exact) mass is 350 g/mol. The normalized spacial score (nSPS) is 18.3. The number of nitrogens with one attached hydrogen (secondary N) is 2. The van der Waals surface area contributed by atoms with Gasteiger partial charge < -0.3 is 20.1 Å². The first-order valence-electron chi connectivity index (χ1n) is 5.67. The molecule has 19 heavy (non-hydrogen) atoms. The zero-order valence-corrected chi connectivity index (χ0v) is 12.8. The molecule has 0 bridgehead atoms. The molecule has 1 saturated heterocycles. The third-order valence-corrected chi connectivity index (χ3v) is 3.13. The van der Waals surface area contributed by atoms with E-state index in [1.165, 1.54) is 0 Å². The molecule has 1 aliphatic heterocycles. The maximum Gasteiger partial charge on any atom is 0.254 e. The topological polar surface area (TPSA) is 59.6 Å². The Hall–Kier alpha value is -0.820. The minimum Gasteiger partial charge on any atom is -0.495 e. The summed E-state index contributed by atoms with van der Waals surface area (Å²) in [6.45, 7) is 1.86. The fourth-order valence-corrected chi connectivity index (χ4v) is 2.09. The molecule has 1 heterocycles. The molecule has 1 aromatic rings. The molecule has 1 amide bonds. The molecular weight excluding hydrogens is 336 g/mol. The van der Waals surface area contributed by atoms with Gasteiger partial charge in [-0.25, -0.2) is 0 Å². The Kier molecular flexibility index (Phi) is 6.57. The lowest BCUT2D eigenvalue weighted by Crippen LogP contribution is -2.45. The molecular formula is C12H16BrClN2O3. The minimum atomic E-state index is -0.456. The Bertz CT molecular complexity index is 439. The van der Waals surface area contributed by atoms with Crippen molar-refractivity contribution in [2.45, 2.75) is 6.10 Å². The lowest BCUT2D eigenvalue weighted by Gasteiger charge is -2.23. The van der Waals surface area contributed by atoms with Crippen LogP contribution in [-0.2, 0) is 9.53 Å². The van der Waals surface area contributed by atoms with Gasteiger partial charge in [0.15, 0.2) is 0 Å². The first kappa shape index (κ1) is 16.2. The number of morpholine rings is 1. The van der Waals surface area contributed by atoms with Crippen molar-refractivity contribution in [1.82, 2.24) is 5.32 Å². The maximum absolute atomic E-state index is 12.0. The van der Waals surface area contributed by atoms with Crippen molar-refractivity contribution in [3.63, 3.8) is 0 Å². The highest BCUT2D eigenvalue weighted by Gasteiger charge is 2.22. The second-order valence-corrected chi connectivity index (χ2v) is 4.81. The van der Waals surface area contributed by atoms with E-state index in [4.69, 9.17) is 9.47 Å². The summed E-state index contributed by atoms with van der Waals surface area (Å²) in [5.74, 6) is 0.453. The number of methoxy groups -OCH3 is 1. The zero-order chi connectivity index (χ0) is 13.0. The van der Waals surface area contributed by atoms with Crippen LogP contribution in [0.2, 0.25) is 0 Å². The average molecular weight is 352 g/mol. The van der Waals surface area contributed by atoms with Gasteiger partial charge in [0, 0.05) is 17.6 Å². The van der Waals surface area contributed by atoms with E-state index in [9.17, 15) is 4.79 Å². The van der Waals surface area contributed by atoms with E-state index >= 15 is 0 Å². The highest BCUT2D eigenvalue weighted by atomic mass is 79.9. The summed E-state index contributed by atoms with van der Waals surface area (Å²) >= 11 is 3.36. The summed E-state index contributed by atoms with van der Waals surface area (Å²) in [7, 11) is 1.57. The molecule has 1 atom stereocenters. The summed E-state index contributed by atoms with van der Waals surface area (Å²) in [5.41, 5.74) is 0.631. The molecule has 2 rings (SSSR count). The molecule has 0 spiro atoms. The van der Waals surface area contributed by atoms with Gasteiger partial charge in [-0.3, -0.25) is 4.79 Å². The highest BCUT2D eigenvalue weighted by molar-refractivity contribution is 9.10. The first-order valence-corrected chi connectivity index (χ1v) is 6.46. The number of rotatable bonds is 3. The Morgan fingerprint density at radius 1 is 1.58 bits per heavy atom. The molecule has 0 aliphatic carbocycles. The van der Waals surface area contributed by atoms with Crippen LogP contribution in [0.1, 0.15) is 0 Å². The van der Waals surface area contributed by atoms with Crippen LogP contribution in [0, 0.1) is 0 Å². The third-order valence-electron chi connectivity index (χ3n) is 2.64. The summed E-state index contributed by atoms with van der Waals surface area (Å²) < 4.78 is 11.5. The molecule has 1 aromatic carbocycles. The van der Waals surface area contributed by atoms with Crippen molar-refractivity contribution in [2.75, 3.05) is 32.1 Å². The van der Waals surface area contributed by atoms with E-state index < -0.39 is 6.10 Å². The lowest BCUT2D eigenvalue weighted by molar-refractivity contribution is -0.128. The van der Waals surface area contributed by atoms with Gasteiger partial charge in [-0.2, -0.15) is 0 Å². The van der Waals surface area contributed by atoms with Crippen LogP contribution >= 0.6 is 28.3 Å². The number of carbonyl (C=O) groups is 1. The smallest absolute Gasteiger partial charge is 0.254 e. The van der Waals surface area contributed by atoms with Gasteiger partial charge in [-0.05, 0) is 18.2 Å². The second kappa shape index (κ2) is 7.69. The van der Waals surface area contributed by atoms with Crippen LogP contribution in [0.15, 0.2) is 22.7 Å². The molecule has 7 heteroatoms. The van der Waals surface area contributed by atoms with Crippen molar-refractivity contribution in [2.24, 2.45) is 0 Å². The SMILES string of the molecule is COc1ccc(Br)cc1NC(=O)C1CNCCO1.Cl. The van der Waals surface area contributed by atoms with Crippen LogP contribution in [0.25, 0.3) is 0 Å². The van der Waals surface area contributed by atoms with Crippen LogP contribution in [-0.4, -0.2) is 38.8 Å². The molecule has 1 aliphatic rings. The number of carbonyl (C=O) groups excluding carboxylic acids is 1. The van der Waals surface area contributed by atoms with Gasteiger partial charge in [0.1, 0.15) is 11.9 Å². The van der Waals surface area contributed by atoms with Gasteiger partial charge in [-0.15, -0.1) is 12.4 Å². The third kappa shape index (κ3) is 4.35. The number of halogens is 2. The van der Waals surface area contributed by atoms with Crippen LogP contribution < -0.4 is 15.4 Å². The van der Waals surface area contributed by atoms with Crippen molar-refractivity contribution < 1.29 is 14.3 Å². The van der Waals surface area contributed by atoms with Gasteiger partial charge >= 0.3 is 0 Å². The largest absolute Gasteiger partial charge is 0.495 e. The maximum atomic E-state index is 12.0. The molecule has 106 valence electrons. The summed E-state index contributed by atoms with van der Waals surface area (Å²) in [6, 6.07) is 5.44. The molecule has 1 unspecified atom stereocenters. The number of ether oxygens (including phenoxy) is 2. The van der Waals surface area contributed by atoms with E-state index in [-0.39, 0.29) is 18.3 Å². The highest BCUT2D eigenvalue weighted by Crippen LogP contribution is 2.28. The van der Waals surface area contributed by atoms with Crippen molar-refractivity contribution in [1.29, 1.82) is 0 Å². The number of hydrogen-bond acceptors (Lipinski definition) is 4. The molecule has 5 nitrogen and oxygen atoms in total. The Labute approximate surface area is 126 Å². The predicted molar refractivity (Wildman–Crippen MR) is 79.2 cm³/mol. The second-order valence-electron chi connectivity index (χ2n) is 3.90. The Balaban J connectivity index is 0.00000180. The van der Waals surface area contributed by atoms with Crippen molar-refractivity contribution in [3.8, 4) is 5.75 Å². The quantitative estimate of drug-likeness (QED) is 0.872. The summed E-state index contributed by atoms with van der Waals surface area (Å²) in [4.78, 5) is 12.0. The van der Waals surface area contributed by atoms with Crippen LogP contribution in [0.4, 0.5) is 5.69 Å². The zero-order valence-electron chi connectivity index (χ0n) is 10.4. The number of anilines is 1. The first-order chi connectivity index (χ1) is 8.70. The molecule has 0 saturated carbocycles. The van der Waals surface area contributed by atoms with E-state index in [0.717, 1.165) is 11.0 Å². The Morgan fingerprint density at radius 2 is 2.37 bits per heavy atom. The molecule has 1 fully saturated rings. The van der Waals surface area contributed by atoms with Crippen molar-refractivity contribution in [3.05, 3.63) is 22.7 Å². The van der Waals surface area contributed by atoms with E-state index in [1.807, 2.05) is 6.07 Å². The fraction of sp³-hybridized carbons (Fsp3) is 0.417. The average Bonchev–Trinajstić information content (AvgIpc) is 2.40. The number of hydrogen-bond donors (Lipinski definition) is 2. The molecule has 0 aromatic heterocycles. The van der Waals surface area contributed by atoms with Gasteiger partial charge in [0.25, 0.3) is 5.91 Å². The molecule has 2 N–H and O–H groups in total. The Morgan fingerprint density at radius 3 is 3.00 bits per heavy atom. The summed E-state index contributed by atoms with van der Waals surface area (Å²) in [6.07, 6.45) is -0.456. The number of benzene rings is 1. The van der Waals surface area contributed by atoms with E-state index in [1.54, 1.807) is 19.2 Å². The van der Waals surface area contributed by atoms with E-state index in [2.05, 4.69) is 26.6 Å². The predicted octanol–water partition coefficient (Wildman–Crippen LogP) is 1.81. The van der Waals surface area contributed by atoms with E-state index in [0.29, 0.717) is 24.6 Å². The fourth-order valence-electron chi connectivity index (χ4n) is 1.72. The van der Waals surface area contributed by atoms with Crippen LogP contribution in [0.3, 0.4) is 0 Å². The standard InChI is InChI=1S/C12H15BrN2O3.ClH/c1-17-10-3-2-8(13)6-9(10)15-12(16)11-7-14-4-5-18-11;/h2-3,6,11,14H,4-5,7H2,1H3,(H,15,16);1H. The minimum absolute atomic E-state index is 0. The van der Waals surface area contributed by atoms with Gasteiger partial charge in [0.05, 0.1) is 19.4 Å². The van der Waals surface area contributed by atoms with Crippen molar-refractivity contribution >= 4 is 39.9 Å². The van der Waals surface area contributed by atoms with Gasteiger partial charge in [-0.1, -0.05) is 15.9 Å². The lowest BCUT2D eigenvalue weighted by atomic mass is 10.2. The molecule has 0 radical (unpaired) electrons. The summed E-state index contributed by atoms with van der Waals surface area (Å²) in [5, 5.41) is 5.93.